The maximum Gasteiger partial charge on any atom is 0.187 e. The Morgan fingerprint density at radius 2 is 2.12 bits per heavy atom. The van der Waals surface area contributed by atoms with Crippen LogP contribution in [-0.4, -0.2) is 17.0 Å². The van der Waals surface area contributed by atoms with Crippen molar-refractivity contribution in [2.45, 2.75) is 53.1 Å². The number of aliphatic hydroxyl groups is 1. The van der Waals surface area contributed by atoms with Gasteiger partial charge in [-0.05, 0) is 48.7 Å². The lowest BCUT2D eigenvalue weighted by molar-refractivity contribution is -0.125. The molecule has 0 saturated carbocycles. The molecule has 0 amide bonds. The van der Waals surface area contributed by atoms with Crippen LogP contribution in [0.15, 0.2) is 22.8 Å². The summed E-state index contributed by atoms with van der Waals surface area (Å²) in [7, 11) is 0. The predicted molar refractivity (Wildman–Crippen MR) is 68.6 cm³/mol. The number of hydrogen-bond acceptors (Lipinski definition) is 2. The molecule has 2 heteroatoms. The number of Topliss-reactive ketones (excluding diaryl/α,β-unsaturated/α-hetero) is 1. The second-order valence-electron chi connectivity index (χ2n) is 6.06. The van der Waals surface area contributed by atoms with E-state index in [-0.39, 0.29) is 11.2 Å². The highest BCUT2D eigenvalue weighted by Crippen LogP contribution is 2.48. The number of aliphatic hydroxyl groups excluding tert-OH is 1. The fourth-order valence-corrected chi connectivity index (χ4v) is 3.12. The topological polar surface area (TPSA) is 37.3 Å². The monoisotopic (exact) mass is 234 g/mol. The van der Waals surface area contributed by atoms with Crippen molar-refractivity contribution in [1.82, 2.24) is 0 Å². The molecule has 2 rings (SSSR count). The zero-order valence-electron chi connectivity index (χ0n) is 11.2. The Kier molecular flexibility index (Phi) is 3.03. The van der Waals surface area contributed by atoms with Crippen LogP contribution in [-0.2, 0) is 4.79 Å². The normalized spacial score (nSPS) is 33.9. The average molecular weight is 234 g/mol. The molecule has 2 atom stereocenters. The first-order chi connectivity index (χ1) is 7.85. The number of ketones is 1. The van der Waals surface area contributed by atoms with Crippen LogP contribution >= 0.6 is 0 Å². The van der Waals surface area contributed by atoms with Gasteiger partial charge in [0.25, 0.3) is 0 Å². The van der Waals surface area contributed by atoms with Crippen molar-refractivity contribution in [1.29, 1.82) is 0 Å². The number of allylic oxidation sites excluding steroid dienone is 3. The van der Waals surface area contributed by atoms with Gasteiger partial charge in [-0.1, -0.05) is 32.4 Å². The fourth-order valence-electron chi connectivity index (χ4n) is 3.12. The maximum absolute atomic E-state index is 11.9. The van der Waals surface area contributed by atoms with Crippen LogP contribution in [0.2, 0.25) is 0 Å². The molecule has 0 bridgehead atoms. The second kappa shape index (κ2) is 4.09. The molecule has 0 heterocycles. The van der Waals surface area contributed by atoms with Crippen molar-refractivity contribution < 1.29 is 9.90 Å². The van der Waals surface area contributed by atoms with E-state index in [4.69, 9.17) is 0 Å². The zero-order chi connectivity index (χ0) is 12.8. The maximum atomic E-state index is 11.9. The molecule has 17 heavy (non-hydrogen) atoms. The molecule has 0 saturated heterocycles. The SMILES string of the molecule is CC1=C2C=C(C(C)C)CC[C@@]2(C)C[C@@H](O)C1=O. The quantitative estimate of drug-likeness (QED) is 0.757. The van der Waals surface area contributed by atoms with Crippen LogP contribution in [0.25, 0.3) is 0 Å². The molecule has 0 unspecified atom stereocenters. The van der Waals surface area contributed by atoms with E-state index >= 15 is 0 Å². The predicted octanol–water partition coefficient (Wildman–Crippen LogP) is 3.02. The third-order valence-corrected chi connectivity index (χ3v) is 4.41. The van der Waals surface area contributed by atoms with Crippen molar-refractivity contribution in [2.75, 3.05) is 0 Å². The van der Waals surface area contributed by atoms with Gasteiger partial charge in [0.15, 0.2) is 5.78 Å². The molecule has 2 nitrogen and oxygen atoms in total. The summed E-state index contributed by atoms with van der Waals surface area (Å²) >= 11 is 0. The van der Waals surface area contributed by atoms with Gasteiger partial charge in [0.05, 0.1) is 0 Å². The van der Waals surface area contributed by atoms with Crippen LogP contribution in [0.4, 0.5) is 0 Å². The van der Waals surface area contributed by atoms with Crippen LogP contribution in [0.1, 0.15) is 47.0 Å². The van der Waals surface area contributed by atoms with Crippen molar-refractivity contribution >= 4 is 5.78 Å². The molecule has 94 valence electrons. The highest BCUT2D eigenvalue weighted by atomic mass is 16.3. The summed E-state index contributed by atoms with van der Waals surface area (Å²) in [6.07, 6.45) is 4.14. The first-order valence-electron chi connectivity index (χ1n) is 6.49. The molecule has 0 aliphatic heterocycles. The Hall–Kier alpha value is -0.890. The highest BCUT2D eigenvalue weighted by Gasteiger charge is 2.41. The Balaban J connectivity index is 2.50. The van der Waals surface area contributed by atoms with E-state index in [2.05, 4.69) is 26.8 Å². The summed E-state index contributed by atoms with van der Waals surface area (Å²) in [5, 5.41) is 9.82. The van der Waals surface area contributed by atoms with Gasteiger partial charge >= 0.3 is 0 Å². The second-order valence-corrected chi connectivity index (χ2v) is 6.06. The Bertz CT molecular complexity index is 415. The molecule has 0 aromatic heterocycles. The van der Waals surface area contributed by atoms with E-state index in [1.54, 1.807) is 0 Å². The molecule has 0 radical (unpaired) electrons. The van der Waals surface area contributed by atoms with Crippen molar-refractivity contribution in [3.63, 3.8) is 0 Å². The Labute approximate surface area is 103 Å². The summed E-state index contributed by atoms with van der Waals surface area (Å²) < 4.78 is 0. The number of rotatable bonds is 1. The summed E-state index contributed by atoms with van der Waals surface area (Å²) in [4.78, 5) is 11.9. The molecule has 1 N–H and O–H groups in total. The van der Waals surface area contributed by atoms with Gasteiger partial charge in [-0.3, -0.25) is 4.79 Å². The number of carbonyl (C=O) groups is 1. The van der Waals surface area contributed by atoms with Crippen molar-refractivity contribution in [3.8, 4) is 0 Å². The first kappa shape index (κ1) is 12.6. The summed E-state index contributed by atoms with van der Waals surface area (Å²) in [5.74, 6) is 0.459. The highest BCUT2D eigenvalue weighted by molar-refractivity contribution is 6.00. The Morgan fingerprint density at radius 1 is 1.47 bits per heavy atom. The van der Waals surface area contributed by atoms with Crippen LogP contribution in [0.3, 0.4) is 0 Å². The van der Waals surface area contributed by atoms with Gasteiger partial charge < -0.3 is 5.11 Å². The minimum absolute atomic E-state index is 0.00417. The molecule has 0 aromatic carbocycles. The standard InChI is InChI=1S/C15H22O2/c1-9(2)11-5-6-15(4)8-13(16)14(17)10(3)12(15)7-11/h7,9,13,16H,5-6,8H2,1-4H3/t13-,15+/m1/s1. The number of fused-ring (bicyclic) bond motifs is 1. The fraction of sp³-hybridized carbons (Fsp3) is 0.667. The van der Waals surface area contributed by atoms with Crippen molar-refractivity contribution in [3.05, 3.63) is 22.8 Å². The van der Waals surface area contributed by atoms with Gasteiger partial charge in [0.2, 0.25) is 0 Å². The third kappa shape index (κ3) is 1.99. The lowest BCUT2D eigenvalue weighted by atomic mass is 9.63. The van der Waals surface area contributed by atoms with E-state index in [0.717, 1.165) is 18.4 Å². The summed E-state index contributed by atoms with van der Waals surface area (Å²) in [6, 6.07) is 0. The van der Waals surface area contributed by atoms with Crippen molar-refractivity contribution in [2.24, 2.45) is 11.3 Å². The average Bonchev–Trinajstić information content (AvgIpc) is 2.25. The van der Waals surface area contributed by atoms with E-state index in [1.807, 2.05) is 6.92 Å². The van der Waals surface area contributed by atoms with Gasteiger partial charge in [0, 0.05) is 0 Å². The molecule has 0 fully saturated rings. The van der Waals surface area contributed by atoms with E-state index in [9.17, 15) is 9.90 Å². The van der Waals surface area contributed by atoms with Crippen LogP contribution < -0.4 is 0 Å². The molecule has 2 aliphatic carbocycles. The van der Waals surface area contributed by atoms with Gasteiger partial charge in [0.1, 0.15) is 6.10 Å². The number of carbonyl (C=O) groups excluding carboxylic acids is 1. The lowest BCUT2D eigenvalue weighted by Gasteiger charge is -2.41. The van der Waals surface area contributed by atoms with E-state index in [1.165, 1.54) is 11.1 Å². The summed E-state index contributed by atoms with van der Waals surface area (Å²) in [5.41, 5.74) is 3.36. The van der Waals surface area contributed by atoms with Gasteiger partial charge in [-0.15, -0.1) is 0 Å². The summed E-state index contributed by atoms with van der Waals surface area (Å²) in [6.45, 7) is 8.43. The zero-order valence-corrected chi connectivity index (χ0v) is 11.2. The first-order valence-corrected chi connectivity index (χ1v) is 6.49. The third-order valence-electron chi connectivity index (χ3n) is 4.41. The smallest absolute Gasteiger partial charge is 0.187 e. The van der Waals surface area contributed by atoms with E-state index in [0.29, 0.717) is 12.3 Å². The lowest BCUT2D eigenvalue weighted by Crippen LogP contribution is -2.39. The minimum atomic E-state index is -0.794. The molecule has 0 aromatic rings. The van der Waals surface area contributed by atoms with Gasteiger partial charge in [-0.25, -0.2) is 0 Å². The molecule has 0 spiro atoms. The molecular formula is C15H22O2. The minimum Gasteiger partial charge on any atom is -0.385 e. The van der Waals surface area contributed by atoms with Crippen LogP contribution in [0, 0.1) is 11.3 Å². The molecule has 2 aliphatic rings. The largest absolute Gasteiger partial charge is 0.385 e. The van der Waals surface area contributed by atoms with E-state index < -0.39 is 6.10 Å². The molecular weight excluding hydrogens is 212 g/mol. The number of hydrogen-bond donors (Lipinski definition) is 1. The van der Waals surface area contributed by atoms with Crippen LogP contribution in [0.5, 0.6) is 0 Å². The Morgan fingerprint density at radius 3 is 2.71 bits per heavy atom. The van der Waals surface area contributed by atoms with Gasteiger partial charge in [-0.2, -0.15) is 0 Å².